The van der Waals surface area contributed by atoms with Crippen LogP contribution in [0, 0.1) is 5.92 Å². The standard InChI is InChI=1S/C19H22N2O4/c1-2-24-17-7-5-15(6-8-17)21-13-14(12-18(21)22)19(23)20-10-9-16-4-3-11-25-16/h3-8,11,14H,2,9-10,12-13H2,1H3,(H,20,23)/t14-/m1/s1. The molecule has 0 bridgehead atoms. The third-order valence-corrected chi connectivity index (χ3v) is 4.21. The SMILES string of the molecule is CCOc1ccc(N2C[C@H](C(=O)NCCc3ccco3)CC2=O)cc1. The molecule has 1 fully saturated rings. The van der Waals surface area contributed by atoms with Crippen LogP contribution in [0.25, 0.3) is 0 Å². The van der Waals surface area contributed by atoms with Crippen molar-refractivity contribution in [2.75, 3.05) is 24.6 Å². The van der Waals surface area contributed by atoms with Crippen LogP contribution in [0.15, 0.2) is 47.1 Å². The van der Waals surface area contributed by atoms with Crippen LogP contribution in [-0.2, 0) is 16.0 Å². The molecule has 6 heteroatoms. The Labute approximate surface area is 146 Å². The number of furan rings is 1. The molecule has 132 valence electrons. The van der Waals surface area contributed by atoms with Gasteiger partial charge in [0.15, 0.2) is 0 Å². The van der Waals surface area contributed by atoms with Gasteiger partial charge in [0.1, 0.15) is 11.5 Å². The number of nitrogens with zero attached hydrogens (tertiary/aromatic N) is 1. The number of carbonyl (C=O) groups excluding carboxylic acids is 2. The summed E-state index contributed by atoms with van der Waals surface area (Å²) in [5.74, 6) is 1.16. The molecule has 1 aromatic heterocycles. The molecular formula is C19H22N2O4. The first kappa shape index (κ1) is 17.1. The van der Waals surface area contributed by atoms with Gasteiger partial charge in [0.05, 0.1) is 18.8 Å². The van der Waals surface area contributed by atoms with E-state index in [1.165, 1.54) is 0 Å². The number of amides is 2. The number of ether oxygens (including phenoxy) is 1. The Balaban J connectivity index is 1.53. The lowest BCUT2D eigenvalue weighted by atomic mass is 10.1. The van der Waals surface area contributed by atoms with Crippen molar-refractivity contribution in [3.05, 3.63) is 48.4 Å². The van der Waals surface area contributed by atoms with Crippen molar-refractivity contribution < 1.29 is 18.7 Å². The predicted octanol–water partition coefficient (Wildman–Crippen LogP) is 2.39. The summed E-state index contributed by atoms with van der Waals surface area (Å²) < 4.78 is 10.6. The summed E-state index contributed by atoms with van der Waals surface area (Å²) in [4.78, 5) is 26.2. The Morgan fingerprint density at radius 1 is 1.32 bits per heavy atom. The molecule has 0 spiro atoms. The normalized spacial score (nSPS) is 16.9. The topological polar surface area (TPSA) is 71.8 Å². The van der Waals surface area contributed by atoms with Gasteiger partial charge in [-0.25, -0.2) is 0 Å². The molecule has 1 aromatic carbocycles. The Morgan fingerprint density at radius 2 is 2.12 bits per heavy atom. The number of anilines is 1. The van der Waals surface area contributed by atoms with Gasteiger partial charge in [-0.1, -0.05) is 0 Å². The summed E-state index contributed by atoms with van der Waals surface area (Å²) in [5.41, 5.74) is 0.791. The number of nitrogens with one attached hydrogen (secondary N) is 1. The van der Waals surface area contributed by atoms with Gasteiger partial charge in [-0.3, -0.25) is 9.59 Å². The second-order valence-electron chi connectivity index (χ2n) is 5.95. The molecule has 1 N–H and O–H groups in total. The first-order chi connectivity index (χ1) is 12.2. The van der Waals surface area contributed by atoms with Gasteiger partial charge >= 0.3 is 0 Å². The molecule has 0 unspecified atom stereocenters. The molecule has 1 aliphatic rings. The zero-order chi connectivity index (χ0) is 17.6. The smallest absolute Gasteiger partial charge is 0.227 e. The summed E-state index contributed by atoms with van der Waals surface area (Å²) in [6, 6.07) is 11.1. The van der Waals surface area contributed by atoms with E-state index in [0.717, 1.165) is 17.2 Å². The van der Waals surface area contributed by atoms with Crippen molar-refractivity contribution in [1.82, 2.24) is 5.32 Å². The Kier molecular flexibility index (Phi) is 5.38. The minimum absolute atomic E-state index is 0.0321. The summed E-state index contributed by atoms with van der Waals surface area (Å²) in [6.45, 7) is 3.43. The second kappa shape index (κ2) is 7.88. The molecule has 1 atom stereocenters. The van der Waals surface area contributed by atoms with Gasteiger partial charge in [0.2, 0.25) is 11.8 Å². The minimum atomic E-state index is -0.323. The molecule has 0 aliphatic carbocycles. The molecule has 25 heavy (non-hydrogen) atoms. The van der Waals surface area contributed by atoms with E-state index in [1.807, 2.05) is 43.3 Å². The fraction of sp³-hybridized carbons (Fsp3) is 0.368. The molecule has 2 aromatic rings. The van der Waals surface area contributed by atoms with Crippen molar-refractivity contribution in [3.63, 3.8) is 0 Å². The van der Waals surface area contributed by atoms with Gasteiger partial charge in [-0.2, -0.15) is 0 Å². The molecule has 0 radical (unpaired) electrons. The maximum atomic E-state index is 12.3. The third-order valence-electron chi connectivity index (χ3n) is 4.21. The first-order valence-corrected chi connectivity index (χ1v) is 8.50. The van der Waals surface area contributed by atoms with E-state index >= 15 is 0 Å². The monoisotopic (exact) mass is 342 g/mol. The van der Waals surface area contributed by atoms with Crippen LogP contribution >= 0.6 is 0 Å². The average Bonchev–Trinajstić information content (AvgIpc) is 3.26. The van der Waals surface area contributed by atoms with E-state index in [-0.39, 0.29) is 24.2 Å². The van der Waals surface area contributed by atoms with Crippen molar-refractivity contribution in [3.8, 4) is 5.75 Å². The van der Waals surface area contributed by atoms with Crippen molar-refractivity contribution in [2.24, 2.45) is 5.92 Å². The van der Waals surface area contributed by atoms with Crippen LogP contribution in [0.3, 0.4) is 0 Å². The van der Waals surface area contributed by atoms with Gasteiger partial charge in [0, 0.05) is 31.6 Å². The summed E-state index contributed by atoms with van der Waals surface area (Å²) in [6.07, 6.45) is 2.49. The molecular weight excluding hydrogens is 320 g/mol. The fourth-order valence-electron chi connectivity index (χ4n) is 2.93. The minimum Gasteiger partial charge on any atom is -0.494 e. The van der Waals surface area contributed by atoms with Gasteiger partial charge < -0.3 is 19.4 Å². The van der Waals surface area contributed by atoms with Gasteiger partial charge in [-0.05, 0) is 43.3 Å². The van der Waals surface area contributed by atoms with Crippen LogP contribution in [0.2, 0.25) is 0 Å². The van der Waals surface area contributed by atoms with Crippen molar-refractivity contribution in [2.45, 2.75) is 19.8 Å². The van der Waals surface area contributed by atoms with E-state index < -0.39 is 0 Å². The van der Waals surface area contributed by atoms with Crippen LogP contribution in [0.1, 0.15) is 19.1 Å². The highest BCUT2D eigenvalue weighted by molar-refractivity contribution is 6.00. The third kappa shape index (κ3) is 4.21. The van der Waals surface area contributed by atoms with Crippen molar-refractivity contribution in [1.29, 1.82) is 0 Å². The van der Waals surface area contributed by atoms with Crippen LogP contribution < -0.4 is 15.0 Å². The Hall–Kier alpha value is -2.76. The summed E-state index contributed by atoms with van der Waals surface area (Å²) in [5, 5.41) is 2.88. The highest BCUT2D eigenvalue weighted by Gasteiger charge is 2.34. The van der Waals surface area contributed by atoms with E-state index in [9.17, 15) is 9.59 Å². The maximum absolute atomic E-state index is 12.3. The van der Waals surface area contributed by atoms with Gasteiger partial charge in [-0.15, -0.1) is 0 Å². The van der Waals surface area contributed by atoms with Crippen molar-refractivity contribution >= 4 is 17.5 Å². The highest BCUT2D eigenvalue weighted by Crippen LogP contribution is 2.27. The summed E-state index contributed by atoms with van der Waals surface area (Å²) in [7, 11) is 0. The highest BCUT2D eigenvalue weighted by atomic mass is 16.5. The quantitative estimate of drug-likeness (QED) is 0.839. The number of hydrogen-bond acceptors (Lipinski definition) is 4. The van der Waals surface area contributed by atoms with Gasteiger partial charge in [0.25, 0.3) is 0 Å². The number of rotatable bonds is 7. The number of hydrogen-bond donors (Lipinski definition) is 1. The van der Waals surface area contributed by atoms with E-state index in [4.69, 9.17) is 9.15 Å². The Morgan fingerprint density at radius 3 is 2.80 bits per heavy atom. The first-order valence-electron chi connectivity index (χ1n) is 8.50. The maximum Gasteiger partial charge on any atom is 0.227 e. The molecule has 1 saturated heterocycles. The zero-order valence-corrected chi connectivity index (χ0v) is 14.2. The molecule has 1 aliphatic heterocycles. The summed E-state index contributed by atoms with van der Waals surface area (Å²) >= 11 is 0. The van der Waals surface area contributed by atoms with E-state index in [1.54, 1.807) is 11.2 Å². The van der Waals surface area contributed by atoms with E-state index in [2.05, 4.69) is 5.32 Å². The van der Waals surface area contributed by atoms with E-state index in [0.29, 0.717) is 26.1 Å². The predicted molar refractivity (Wildman–Crippen MR) is 93.5 cm³/mol. The van der Waals surface area contributed by atoms with Crippen LogP contribution in [0.5, 0.6) is 5.75 Å². The second-order valence-corrected chi connectivity index (χ2v) is 5.95. The molecule has 6 nitrogen and oxygen atoms in total. The number of carbonyl (C=O) groups is 2. The lowest BCUT2D eigenvalue weighted by Gasteiger charge is -2.17. The lowest BCUT2D eigenvalue weighted by molar-refractivity contribution is -0.126. The molecule has 0 saturated carbocycles. The zero-order valence-electron chi connectivity index (χ0n) is 14.2. The number of benzene rings is 1. The van der Waals surface area contributed by atoms with Crippen LogP contribution in [0.4, 0.5) is 5.69 Å². The largest absolute Gasteiger partial charge is 0.494 e. The fourth-order valence-corrected chi connectivity index (χ4v) is 2.93. The Bertz CT molecular complexity index is 710. The molecule has 3 rings (SSSR count). The molecule has 2 amide bonds. The van der Waals surface area contributed by atoms with Crippen LogP contribution in [-0.4, -0.2) is 31.5 Å². The molecule has 2 heterocycles. The average molecular weight is 342 g/mol. The lowest BCUT2D eigenvalue weighted by Crippen LogP contribution is -2.34.